The Morgan fingerprint density at radius 1 is 0.947 bits per heavy atom. The van der Waals surface area contributed by atoms with Gasteiger partial charge in [-0.3, -0.25) is 0 Å². The van der Waals surface area contributed by atoms with Crippen LogP contribution in [0.15, 0.2) is 34.8 Å². The molecule has 3 heteroatoms. The number of aryl methyl sites for hydroxylation is 3. The third kappa shape index (κ3) is 3.42. The molecule has 0 aliphatic rings. The molecule has 0 nitrogen and oxygen atoms in total. The largest absolute Gasteiger partial charge is 0.0843 e. The maximum atomic E-state index is 6.15. The van der Waals surface area contributed by atoms with Crippen molar-refractivity contribution in [3.8, 4) is 0 Å². The van der Waals surface area contributed by atoms with Gasteiger partial charge in [-0.05, 0) is 66.8 Å². The molecule has 2 rings (SSSR count). The van der Waals surface area contributed by atoms with Crippen molar-refractivity contribution in [3.63, 3.8) is 0 Å². The topological polar surface area (TPSA) is 0 Å². The molecule has 19 heavy (non-hydrogen) atoms. The van der Waals surface area contributed by atoms with Gasteiger partial charge < -0.3 is 0 Å². The Kier molecular flexibility index (Phi) is 4.75. The molecular weight excluding hydrogens is 387 g/mol. The predicted octanol–water partition coefficient (Wildman–Crippen LogP) is 6.51. The van der Waals surface area contributed by atoms with Gasteiger partial charge in [0.15, 0.2) is 0 Å². The molecule has 0 aromatic heterocycles. The Balaban J connectivity index is 2.49. The minimum atomic E-state index is 0.164. The number of rotatable bonds is 2. The van der Waals surface area contributed by atoms with Gasteiger partial charge in [0.1, 0.15) is 0 Å². The lowest BCUT2D eigenvalue weighted by molar-refractivity contribution is 1.12. The zero-order valence-corrected chi connectivity index (χ0v) is 15.0. The van der Waals surface area contributed by atoms with E-state index in [0.29, 0.717) is 0 Å². The molecule has 0 N–H and O–H groups in total. The van der Waals surface area contributed by atoms with Crippen LogP contribution in [0, 0.1) is 20.8 Å². The summed E-state index contributed by atoms with van der Waals surface area (Å²) >= 11 is 13.5. The van der Waals surface area contributed by atoms with Crippen molar-refractivity contribution in [1.82, 2.24) is 0 Å². The molecule has 0 aliphatic heterocycles. The van der Waals surface area contributed by atoms with Gasteiger partial charge in [-0.25, -0.2) is 0 Å². The molecule has 100 valence electrons. The van der Waals surface area contributed by atoms with Crippen molar-refractivity contribution in [2.24, 2.45) is 0 Å². The van der Waals surface area contributed by atoms with E-state index in [1.165, 1.54) is 27.8 Å². The summed E-state index contributed by atoms with van der Waals surface area (Å²) in [5, 5.41) is 0.783. The Labute approximate surface area is 136 Å². The fraction of sp³-hybridized carbons (Fsp3) is 0.250. The number of hydrogen-bond donors (Lipinski definition) is 0. The van der Waals surface area contributed by atoms with Crippen molar-refractivity contribution in [1.29, 1.82) is 0 Å². The summed E-state index contributed by atoms with van der Waals surface area (Å²) in [6.45, 7) is 6.30. The molecule has 1 unspecified atom stereocenters. The summed E-state index contributed by atoms with van der Waals surface area (Å²) in [6.07, 6.45) is 0. The molecule has 2 aromatic rings. The van der Waals surface area contributed by atoms with Crippen molar-refractivity contribution >= 4 is 43.5 Å². The fourth-order valence-electron chi connectivity index (χ4n) is 2.17. The van der Waals surface area contributed by atoms with E-state index in [2.05, 4.69) is 70.8 Å². The van der Waals surface area contributed by atoms with Crippen molar-refractivity contribution in [2.75, 3.05) is 0 Å². The average molecular weight is 403 g/mol. The number of benzene rings is 2. The van der Waals surface area contributed by atoms with E-state index in [1.54, 1.807) is 0 Å². The van der Waals surface area contributed by atoms with E-state index in [0.717, 1.165) is 9.50 Å². The maximum absolute atomic E-state index is 6.15. The van der Waals surface area contributed by atoms with E-state index in [4.69, 9.17) is 11.6 Å². The second-order valence-corrected chi connectivity index (χ2v) is 7.09. The zero-order valence-electron chi connectivity index (χ0n) is 11.1. The van der Waals surface area contributed by atoms with Crippen LogP contribution in [0.25, 0.3) is 0 Å². The van der Waals surface area contributed by atoms with E-state index < -0.39 is 0 Å². The maximum Gasteiger partial charge on any atom is 0.0647 e. The minimum Gasteiger partial charge on any atom is -0.0843 e. The van der Waals surface area contributed by atoms with Crippen LogP contribution < -0.4 is 0 Å². The highest BCUT2D eigenvalue weighted by molar-refractivity contribution is 9.10. The number of hydrogen-bond acceptors (Lipinski definition) is 0. The third-order valence-electron chi connectivity index (χ3n) is 3.18. The molecular formula is C16H15Br2Cl. The van der Waals surface area contributed by atoms with Crippen LogP contribution in [-0.2, 0) is 0 Å². The molecule has 0 aliphatic carbocycles. The van der Waals surface area contributed by atoms with E-state index in [1.807, 2.05) is 12.1 Å². The summed E-state index contributed by atoms with van der Waals surface area (Å²) in [6, 6.07) is 10.5. The number of alkyl halides is 1. The van der Waals surface area contributed by atoms with Crippen LogP contribution in [-0.4, -0.2) is 0 Å². The first-order valence-electron chi connectivity index (χ1n) is 6.06. The summed E-state index contributed by atoms with van der Waals surface area (Å²) < 4.78 is 1.15. The Bertz CT molecular complexity index is 600. The Hall–Kier alpha value is -0.310. The first-order chi connectivity index (χ1) is 8.88. The fourth-order valence-corrected chi connectivity index (χ4v) is 3.68. The normalized spacial score (nSPS) is 12.5. The van der Waals surface area contributed by atoms with Crippen LogP contribution in [0.1, 0.15) is 32.6 Å². The smallest absolute Gasteiger partial charge is 0.0647 e. The molecule has 0 saturated carbocycles. The first-order valence-corrected chi connectivity index (χ1v) is 8.15. The van der Waals surface area contributed by atoms with Crippen LogP contribution in [0.4, 0.5) is 0 Å². The first kappa shape index (κ1) is 15.1. The Morgan fingerprint density at radius 3 is 2.26 bits per heavy atom. The molecule has 0 amide bonds. The molecule has 0 fully saturated rings. The van der Waals surface area contributed by atoms with Gasteiger partial charge in [0.25, 0.3) is 0 Å². The summed E-state index contributed by atoms with van der Waals surface area (Å²) in [7, 11) is 0. The predicted molar refractivity (Wildman–Crippen MR) is 90.6 cm³/mol. The van der Waals surface area contributed by atoms with Crippen LogP contribution in [0.5, 0.6) is 0 Å². The summed E-state index contributed by atoms with van der Waals surface area (Å²) in [5.74, 6) is 0. The molecule has 0 spiro atoms. The van der Waals surface area contributed by atoms with Crippen LogP contribution >= 0.6 is 43.5 Å². The molecule has 0 bridgehead atoms. The zero-order chi connectivity index (χ0) is 14.2. The molecule has 0 radical (unpaired) electrons. The van der Waals surface area contributed by atoms with Crippen molar-refractivity contribution in [3.05, 3.63) is 67.6 Å². The van der Waals surface area contributed by atoms with E-state index in [-0.39, 0.29) is 4.83 Å². The van der Waals surface area contributed by atoms with Gasteiger partial charge >= 0.3 is 0 Å². The van der Waals surface area contributed by atoms with Crippen LogP contribution in [0.3, 0.4) is 0 Å². The lowest BCUT2D eigenvalue weighted by Gasteiger charge is -2.16. The minimum absolute atomic E-state index is 0.164. The quantitative estimate of drug-likeness (QED) is 0.502. The van der Waals surface area contributed by atoms with E-state index in [9.17, 15) is 0 Å². The molecule has 1 atom stereocenters. The Morgan fingerprint density at radius 2 is 1.63 bits per heavy atom. The average Bonchev–Trinajstić information content (AvgIpc) is 2.31. The van der Waals surface area contributed by atoms with Gasteiger partial charge in [-0.2, -0.15) is 0 Å². The molecule has 0 saturated heterocycles. The van der Waals surface area contributed by atoms with Crippen molar-refractivity contribution < 1.29 is 0 Å². The SMILES string of the molecule is Cc1cc(Cl)cc(C(Br)c2cc(C)c(Br)cc2C)c1. The second-order valence-electron chi connectivity index (χ2n) is 4.88. The highest BCUT2D eigenvalue weighted by atomic mass is 79.9. The van der Waals surface area contributed by atoms with Gasteiger partial charge in [0.2, 0.25) is 0 Å². The van der Waals surface area contributed by atoms with Gasteiger partial charge in [0.05, 0.1) is 4.83 Å². The van der Waals surface area contributed by atoms with Gasteiger partial charge in [0, 0.05) is 9.50 Å². The van der Waals surface area contributed by atoms with Crippen LogP contribution in [0.2, 0.25) is 5.02 Å². The van der Waals surface area contributed by atoms with Crippen molar-refractivity contribution in [2.45, 2.75) is 25.6 Å². The standard InChI is InChI=1S/C16H15Br2Cl/c1-9-4-12(8-13(19)5-9)16(18)14-6-11(3)15(17)7-10(14)2/h4-8,16H,1-3H3. The second kappa shape index (κ2) is 5.99. The lowest BCUT2D eigenvalue weighted by Crippen LogP contribution is -1.98. The highest BCUT2D eigenvalue weighted by Gasteiger charge is 2.15. The molecule has 0 heterocycles. The molecule has 2 aromatic carbocycles. The summed E-state index contributed by atoms with van der Waals surface area (Å²) in [4.78, 5) is 0.164. The summed E-state index contributed by atoms with van der Waals surface area (Å²) in [5.41, 5.74) is 6.15. The monoisotopic (exact) mass is 400 g/mol. The van der Waals surface area contributed by atoms with Gasteiger partial charge in [-0.15, -0.1) is 0 Å². The van der Waals surface area contributed by atoms with E-state index >= 15 is 0 Å². The lowest BCUT2D eigenvalue weighted by atomic mass is 9.97. The third-order valence-corrected chi connectivity index (χ3v) is 5.27. The number of halogens is 3. The van der Waals surface area contributed by atoms with Gasteiger partial charge in [-0.1, -0.05) is 55.6 Å². The highest BCUT2D eigenvalue weighted by Crippen LogP contribution is 2.36.